The zero-order valence-corrected chi connectivity index (χ0v) is 13.8. The summed E-state index contributed by atoms with van der Waals surface area (Å²) in [7, 11) is 0. The van der Waals surface area contributed by atoms with Crippen molar-refractivity contribution in [1.29, 1.82) is 0 Å². The van der Waals surface area contributed by atoms with E-state index in [1.54, 1.807) is 5.57 Å². The van der Waals surface area contributed by atoms with Gasteiger partial charge in [-0.2, -0.15) is 0 Å². The molecule has 1 unspecified atom stereocenters. The molecule has 1 aliphatic carbocycles. The average molecular weight is 299 g/mol. The van der Waals surface area contributed by atoms with E-state index in [4.69, 9.17) is 0 Å². The van der Waals surface area contributed by atoms with Crippen LogP contribution in [0.1, 0.15) is 62.7 Å². The highest BCUT2D eigenvalue weighted by Gasteiger charge is 2.24. The third kappa shape index (κ3) is 3.80. The van der Waals surface area contributed by atoms with E-state index >= 15 is 0 Å². The van der Waals surface area contributed by atoms with Gasteiger partial charge in [0.2, 0.25) is 0 Å². The van der Waals surface area contributed by atoms with Gasteiger partial charge in [-0.25, -0.2) is 0 Å². The molecule has 0 spiro atoms. The first-order chi connectivity index (χ1) is 10.8. The number of aliphatic hydroxyl groups excluding tert-OH is 1. The van der Waals surface area contributed by atoms with Gasteiger partial charge in [-0.3, -0.25) is 0 Å². The number of hydrogen-bond donors (Lipinski definition) is 1. The summed E-state index contributed by atoms with van der Waals surface area (Å²) >= 11 is 0. The highest BCUT2D eigenvalue weighted by Crippen LogP contribution is 2.35. The lowest BCUT2D eigenvalue weighted by Gasteiger charge is -2.26. The smallest absolute Gasteiger partial charge is 0.0818 e. The van der Waals surface area contributed by atoms with Crippen LogP contribution in [-0.4, -0.2) is 29.6 Å². The van der Waals surface area contributed by atoms with Crippen molar-refractivity contribution in [2.45, 2.75) is 51.6 Å². The monoisotopic (exact) mass is 299 g/mol. The zero-order chi connectivity index (χ0) is 15.4. The molecule has 120 valence electrons. The van der Waals surface area contributed by atoms with Gasteiger partial charge in [0.15, 0.2) is 0 Å². The van der Waals surface area contributed by atoms with Crippen LogP contribution in [-0.2, 0) is 0 Å². The first-order valence-electron chi connectivity index (χ1n) is 8.96. The first-order valence-corrected chi connectivity index (χ1v) is 8.96. The van der Waals surface area contributed by atoms with Gasteiger partial charge in [0, 0.05) is 13.1 Å². The van der Waals surface area contributed by atoms with Gasteiger partial charge in [-0.05, 0) is 49.3 Å². The molecule has 1 aromatic carbocycles. The first kappa shape index (κ1) is 15.8. The van der Waals surface area contributed by atoms with Crippen LogP contribution in [0.4, 0.5) is 0 Å². The Labute approximate surface area is 134 Å². The molecule has 2 nitrogen and oxygen atoms in total. The molecule has 1 aliphatic heterocycles. The summed E-state index contributed by atoms with van der Waals surface area (Å²) in [6, 6.07) is 8.59. The summed E-state index contributed by atoms with van der Waals surface area (Å²) in [6.45, 7) is 5.80. The Morgan fingerprint density at radius 3 is 2.36 bits per heavy atom. The van der Waals surface area contributed by atoms with Gasteiger partial charge in [-0.1, -0.05) is 55.7 Å². The largest absolute Gasteiger partial charge is 0.388 e. The lowest BCUT2D eigenvalue weighted by Crippen LogP contribution is -2.30. The number of likely N-dealkylation sites (tertiary alicyclic amines) is 1. The summed E-state index contributed by atoms with van der Waals surface area (Å²) in [5.74, 6) is 0.475. The molecule has 0 aromatic heterocycles. The molecular weight excluding hydrogens is 270 g/mol. The Morgan fingerprint density at radius 2 is 1.77 bits per heavy atom. The van der Waals surface area contributed by atoms with Gasteiger partial charge in [0.1, 0.15) is 0 Å². The average Bonchev–Trinajstić information content (AvgIpc) is 3.10. The molecule has 2 aliphatic rings. The van der Waals surface area contributed by atoms with Crippen molar-refractivity contribution in [2.75, 3.05) is 19.6 Å². The third-order valence-corrected chi connectivity index (χ3v) is 5.44. The summed E-state index contributed by atoms with van der Waals surface area (Å²) in [5, 5.41) is 10.5. The SMILES string of the molecule is CCN1CCC(=Cc2ccc(C(O)C3CCCC3)cc2)CC1. The number of rotatable bonds is 4. The predicted octanol–water partition coefficient (Wildman–Crippen LogP) is 4.41. The number of hydrogen-bond acceptors (Lipinski definition) is 2. The Kier molecular flexibility index (Phi) is 5.32. The summed E-state index contributed by atoms with van der Waals surface area (Å²) in [5.41, 5.74) is 3.94. The topological polar surface area (TPSA) is 23.5 Å². The lowest BCUT2D eigenvalue weighted by atomic mass is 9.93. The van der Waals surface area contributed by atoms with Crippen molar-refractivity contribution >= 4 is 6.08 Å². The molecule has 0 amide bonds. The highest BCUT2D eigenvalue weighted by atomic mass is 16.3. The van der Waals surface area contributed by atoms with Crippen molar-refractivity contribution < 1.29 is 5.11 Å². The molecule has 2 heteroatoms. The second-order valence-corrected chi connectivity index (χ2v) is 6.89. The number of benzene rings is 1. The van der Waals surface area contributed by atoms with Gasteiger partial charge >= 0.3 is 0 Å². The van der Waals surface area contributed by atoms with Crippen molar-refractivity contribution in [2.24, 2.45) is 5.92 Å². The molecule has 0 radical (unpaired) electrons. The molecule has 1 N–H and O–H groups in total. The quantitative estimate of drug-likeness (QED) is 0.890. The predicted molar refractivity (Wildman–Crippen MR) is 92.7 cm³/mol. The van der Waals surface area contributed by atoms with E-state index in [9.17, 15) is 5.11 Å². The summed E-state index contributed by atoms with van der Waals surface area (Å²) in [4.78, 5) is 2.51. The fourth-order valence-corrected chi connectivity index (χ4v) is 3.87. The van der Waals surface area contributed by atoms with E-state index in [-0.39, 0.29) is 6.10 Å². The van der Waals surface area contributed by atoms with E-state index in [2.05, 4.69) is 42.2 Å². The van der Waals surface area contributed by atoms with Crippen molar-refractivity contribution in [3.8, 4) is 0 Å². The van der Waals surface area contributed by atoms with Crippen LogP contribution in [0, 0.1) is 5.92 Å². The fourth-order valence-electron chi connectivity index (χ4n) is 3.87. The minimum atomic E-state index is -0.267. The molecule has 3 rings (SSSR count). The normalized spacial score (nSPS) is 22.0. The molecule has 1 aromatic rings. The summed E-state index contributed by atoms with van der Waals surface area (Å²) < 4.78 is 0. The van der Waals surface area contributed by atoms with Gasteiger partial charge in [-0.15, -0.1) is 0 Å². The van der Waals surface area contributed by atoms with Crippen molar-refractivity contribution in [1.82, 2.24) is 4.90 Å². The molecule has 22 heavy (non-hydrogen) atoms. The van der Waals surface area contributed by atoms with Crippen LogP contribution < -0.4 is 0 Å². The molecule has 1 atom stereocenters. The maximum absolute atomic E-state index is 10.5. The number of aliphatic hydroxyl groups is 1. The van der Waals surface area contributed by atoms with E-state index in [1.807, 2.05) is 0 Å². The number of nitrogens with zero attached hydrogens (tertiary/aromatic N) is 1. The standard InChI is InChI=1S/C20H29NO/c1-2-21-13-11-17(12-14-21)15-16-7-9-19(10-8-16)20(22)18-5-3-4-6-18/h7-10,15,18,20,22H,2-6,11-14H2,1H3. The van der Waals surface area contributed by atoms with Crippen molar-refractivity contribution in [3.63, 3.8) is 0 Å². The zero-order valence-electron chi connectivity index (χ0n) is 13.8. The maximum Gasteiger partial charge on any atom is 0.0818 e. The van der Waals surface area contributed by atoms with Crippen LogP contribution in [0.15, 0.2) is 29.8 Å². The lowest BCUT2D eigenvalue weighted by molar-refractivity contribution is 0.111. The molecule has 1 saturated carbocycles. The second-order valence-electron chi connectivity index (χ2n) is 6.89. The van der Waals surface area contributed by atoms with Crippen LogP contribution in [0.5, 0.6) is 0 Å². The van der Waals surface area contributed by atoms with Crippen LogP contribution in [0.2, 0.25) is 0 Å². The fraction of sp³-hybridized carbons (Fsp3) is 0.600. The minimum Gasteiger partial charge on any atom is -0.388 e. The summed E-state index contributed by atoms with van der Waals surface area (Å²) in [6.07, 6.45) is 9.39. The van der Waals surface area contributed by atoms with Gasteiger partial charge < -0.3 is 10.0 Å². The molecule has 0 bridgehead atoms. The Hall–Kier alpha value is -1.12. The third-order valence-electron chi connectivity index (χ3n) is 5.44. The minimum absolute atomic E-state index is 0.267. The molecule has 1 heterocycles. The molecular formula is C20H29NO. The van der Waals surface area contributed by atoms with E-state index in [0.29, 0.717) is 5.92 Å². The maximum atomic E-state index is 10.5. The second kappa shape index (κ2) is 7.43. The highest BCUT2D eigenvalue weighted by molar-refractivity contribution is 5.53. The van der Waals surface area contributed by atoms with Crippen LogP contribution in [0.3, 0.4) is 0 Å². The Balaban J connectivity index is 1.61. The Bertz CT molecular complexity index is 489. The van der Waals surface area contributed by atoms with Crippen LogP contribution >= 0.6 is 0 Å². The van der Waals surface area contributed by atoms with E-state index in [0.717, 1.165) is 5.56 Å². The molecule has 2 fully saturated rings. The van der Waals surface area contributed by atoms with Gasteiger partial charge in [0.25, 0.3) is 0 Å². The Morgan fingerprint density at radius 1 is 1.14 bits per heavy atom. The number of piperidine rings is 1. The van der Waals surface area contributed by atoms with Crippen molar-refractivity contribution in [3.05, 3.63) is 41.0 Å². The van der Waals surface area contributed by atoms with E-state index < -0.39 is 0 Å². The van der Waals surface area contributed by atoms with Crippen LogP contribution in [0.25, 0.3) is 6.08 Å². The van der Waals surface area contributed by atoms with Gasteiger partial charge in [0.05, 0.1) is 6.10 Å². The van der Waals surface area contributed by atoms with E-state index in [1.165, 1.54) is 63.7 Å². The molecule has 1 saturated heterocycles.